The van der Waals surface area contributed by atoms with Crippen LogP contribution in [0, 0.1) is 0 Å². The summed E-state index contributed by atoms with van der Waals surface area (Å²) in [4.78, 5) is 4.23. The van der Waals surface area contributed by atoms with Crippen molar-refractivity contribution in [2.45, 2.75) is 0 Å². The first kappa shape index (κ1) is 10.2. The second kappa shape index (κ2) is 4.49. The molecule has 2 aromatic rings. The number of hydrogen-bond acceptors (Lipinski definition) is 3. The molecule has 3 nitrogen and oxygen atoms in total. The summed E-state index contributed by atoms with van der Waals surface area (Å²) in [6, 6.07) is 14.4. The molecule has 0 aliphatic rings. The molecule has 0 bridgehead atoms. The second-order valence-corrected chi connectivity index (χ2v) is 3.38. The third-order valence-corrected chi connectivity index (χ3v) is 2.22. The van der Waals surface area contributed by atoms with Crippen LogP contribution in [0.25, 0.3) is 0 Å². The third-order valence-electron chi connectivity index (χ3n) is 2.22. The Morgan fingerprint density at radius 1 is 1.00 bits per heavy atom. The van der Waals surface area contributed by atoms with Crippen LogP contribution in [0.2, 0.25) is 0 Å². The zero-order valence-electron chi connectivity index (χ0n) is 8.67. The van der Waals surface area contributed by atoms with Gasteiger partial charge in [-0.2, -0.15) is 0 Å². The highest BCUT2D eigenvalue weighted by atomic mass is 16.3. The van der Waals surface area contributed by atoms with Gasteiger partial charge < -0.3 is 10.8 Å². The summed E-state index contributed by atoms with van der Waals surface area (Å²) in [5.74, 6) is 0.209. The largest absolute Gasteiger partial charge is 0.507 e. The Balaban J connectivity index is 2.29. The minimum atomic E-state index is 0.209. The lowest BCUT2D eigenvalue weighted by atomic mass is 10.2. The van der Waals surface area contributed by atoms with E-state index in [9.17, 15) is 5.11 Å². The van der Waals surface area contributed by atoms with Crippen molar-refractivity contribution in [1.29, 1.82) is 0 Å². The summed E-state index contributed by atoms with van der Waals surface area (Å²) < 4.78 is 0. The maximum absolute atomic E-state index is 9.54. The molecule has 0 radical (unpaired) electrons. The molecular formula is C13H12N2O. The summed E-state index contributed by atoms with van der Waals surface area (Å²) in [7, 11) is 0. The Morgan fingerprint density at radius 3 is 2.44 bits per heavy atom. The topological polar surface area (TPSA) is 58.6 Å². The molecule has 0 amide bonds. The standard InChI is InChI=1S/C13H12N2O/c14-11-6-2-3-7-12(11)15-9-10-5-1-4-8-13(10)16/h1-9,16H,14H2/b15-9+. The average Bonchev–Trinajstić information content (AvgIpc) is 2.30. The van der Waals surface area contributed by atoms with Gasteiger partial charge in [-0.15, -0.1) is 0 Å². The van der Waals surface area contributed by atoms with Crippen LogP contribution in [0.5, 0.6) is 5.75 Å². The molecule has 0 heterocycles. The van der Waals surface area contributed by atoms with Gasteiger partial charge in [-0.3, -0.25) is 4.99 Å². The molecule has 0 spiro atoms. The van der Waals surface area contributed by atoms with Crippen molar-refractivity contribution >= 4 is 17.6 Å². The van der Waals surface area contributed by atoms with Crippen LogP contribution in [-0.4, -0.2) is 11.3 Å². The smallest absolute Gasteiger partial charge is 0.124 e. The fourth-order valence-electron chi connectivity index (χ4n) is 1.34. The predicted molar refractivity (Wildman–Crippen MR) is 66.2 cm³/mol. The SMILES string of the molecule is Nc1ccccc1/N=C/c1ccccc1O. The Morgan fingerprint density at radius 2 is 1.69 bits per heavy atom. The summed E-state index contributed by atoms with van der Waals surface area (Å²) in [5.41, 5.74) is 7.74. The van der Waals surface area contributed by atoms with Gasteiger partial charge in [0.15, 0.2) is 0 Å². The van der Waals surface area contributed by atoms with E-state index in [0.717, 1.165) is 0 Å². The number of aliphatic imine (C=N–C) groups is 1. The maximum atomic E-state index is 9.54. The molecular weight excluding hydrogens is 200 g/mol. The minimum Gasteiger partial charge on any atom is -0.507 e. The molecule has 80 valence electrons. The Hall–Kier alpha value is -2.29. The first-order chi connectivity index (χ1) is 7.77. The number of anilines is 1. The van der Waals surface area contributed by atoms with E-state index in [1.807, 2.05) is 24.3 Å². The lowest BCUT2D eigenvalue weighted by Gasteiger charge is -1.99. The van der Waals surface area contributed by atoms with E-state index in [4.69, 9.17) is 5.73 Å². The van der Waals surface area contributed by atoms with Gasteiger partial charge in [0.05, 0.1) is 11.4 Å². The highest BCUT2D eigenvalue weighted by Crippen LogP contribution is 2.21. The Labute approximate surface area is 93.9 Å². The molecule has 0 aliphatic heterocycles. The normalized spacial score (nSPS) is 10.8. The summed E-state index contributed by atoms with van der Waals surface area (Å²) in [6.45, 7) is 0. The second-order valence-electron chi connectivity index (χ2n) is 3.38. The number of aromatic hydroxyl groups is 1. The van der Waals surface area contributed by atoms with Crippen LogP contribution in [0.1, 0.15) is 5.56 Å². The molecule has 2 rings (SSSR count). The zero-order chi connectivity index (χ0) is 11.4. The fourth-order valence-corrected chi connectivity index (χ4v) is 1.34. The first-order valence-corrected chi connectivity index (χ1v) is 4.94. The number of nitrogens with two attached hydrogens (primary N) is 1. The number of para-hydroxylation sites is 3. The van der Waals surface area contributed by atoms with Crippen LogP contribution in [-0.2, 0) is 0 Å². The van der Waals surface area contributed by atoms with Crippen molar-refractivity contribution in [3.63, 3.8) is 0 Å². The summed E-state index contributed by atoms with van der Waals surface area (Å²) >= 11 is 0. The molecule has 0 saturated carbocycles. The molecule has 16 heavy (non-hydrogen) atoms. The summed E-state index contributed by atoms with van der Waals surface area (Å²) in [6.07, 6.45) is 1.60. The number of phenolic OH excluding ortho intramolecular Hbond substituents is 1. The van der Waals surface area contributed by atoms with Crippen molar-refractivity contribution in [3.8, 4) is 5.75 Å². The van der Waals surface area contributed by atoms with Crippen molar-refractivity contribution < 1.29 is 5.11 Å². The molecule has 3 heteroatoms. The third kappa shape index (κ3) is 2.20. The number of nitrogens with zero attached hydrogens (tertiary/aromatic N) is 1. The zero-order valence-corrected chi connectivity index (χ0v) is 8.67. The van der Waals surface area contributed by atoms with Crippen molar-refractivity contribution in [3.05, 3.63) is 54.1 Å². The van der Waals surface area contributed by atoms with Gasteiger partial charge in [0, 0.05) is 11.8 Å². The van der Waals surface area contributed by atoms with Crippen LogP contribution in [0.4, 0.5) is 11.4 Å². The molecule has 0 atom stereocenters. The Kier molecular flexibility index (Phi) is 2.87. The minimum absolute atomic E-state index is 0.209. The van der Waals surface area contributed by atoms with Gasteiger partial charge in [-0.25, -0.2) is 0 Å². The van der Waals surface area contributed by atoms with Gasteiger partial charge in [0.1, 0.15) is 5.75 Å². The van der Waals surface area contributed by atoms with E-state index in [-0.39, 0.29) is 5.75 Å². The van der Waals surface area contributed by atoms with Crippen LogP contribution in [0.3, 0.4) is 0 Å². The molecule has 0 fully saturated rings. The van der Waals surface area contributed by atoms with Crippen molar-refractivity contribution in [1.82, 2.24) is 0 Å². The van der Waals surface area contributed by atoms with E-state index >= 15 is 0 Å². The van der Waals surface area contributed by atoms with Gasteiger partial charge in [0.2, 0.25) is 0 Å². The molecule has 2 aromatic carbocycles. The molecule has 0 aliphatic carbocycles. The average molecular weight is 212 g/mol. The highest BCUT2D eigenvalue weighted by Gasteiger charge is 1.96. The van der Waals surface area contributed by atoms with Crippen LogP contribution in [0.15, 0.2) is 53.5 Å². The lowest BCUT2D eigenvalue weighted by molar-refractivity contribution is 0.474. The Bertz CT molecular complexity index is 473. The van der Waals surface area contributed by atoms with Crippen LogP contribution >= 0.6 is 0 Å². The van der Waals surface area contributed by atoms with Gasteiger partial charge >= 0.3 is 0 Å². The molecule has 3 N–H and O–H groups in total. The lowest BCUT2D eigenvalue weighted by Crippen LogP contribution is -1.85. The van der Waals surface area contributed by atoms with Gasteiger partial charge in [0.25, 0.3) is 0 Å². The van der Waals surface area contributed by atoms with Crippen molar-refractivity contribution in [2.75, 3.05) is 5.73 Å². The van der Waals surface area contributed by atoms with Crippen LogP contribution < -0.4 is 5.73 Å². The number of nitrogen functional groups attached to an aromatic ring is 1. The highest BCUT2D eigenvalue weighted by molar-refractivity contribution is 5.86. The molecule has 0 unspecified atom stereocenters. The maximum Gasteiger partial charge on any atom is 0.124 e. The van der Waals surface area contributed by atoms with E-state index in [2.05, 4.69) is 4.99 Å². The van der Waals surface area contributed by atoms with Crippen molar-refractivity contribution in [2.24, 2.45) is 4.99 Å². The number of phenols is 1. The van der Waals surface area contributed by atoms with Gasteiger partial charge in [-0.1, -0.05) is 24.3 Å². The fraction of sp³-hybridized carbons (Fsp3) is 0. The quantitative estimate of drug-likeness (QED) is 0.594. The van der Waals surface area contributed by atoms with E-state index in [1.54, 1.807) is 30.5 Å². The number of benzene rings is 2. The number of hydrogen-bond donors (Lipinski definition) is 2. The van der Waals surface area contributed by atoms with E-state index in [1.165, 1.54) is 0 Å². The summed E-state index contributed by atoms with van der Waals surface area (Å²) in [5, 5.41) is 9.54. The number of rotatable bonds is 2. The molecule has 0 saturated heterocycles. The first-order valence-electron chi connectivity index (χ1n) is 4.94. The van der Waals surface area contributed by atoms with E-state index < -0.39 is 0 Å². The molecule has 0 aromatic heterocycles. The predicted octanol–water partition coefficient (Wildman–Crippen LogP) is 2.73. The monoisotopic (exact) mass is 212 g/mol. The van der Waals surface area contributed by atoms with Gasteiger partial charge in [-0.05, 0) is 24.3 Å². The van der Waals surface area contributed by atoms with E-state index in [0.29, 0.717) is 16.9 Å².